The lowest BCUT2D eigenvalue weighted by atomic mass is 9.93. The zero-order valence-electron chi connectivity index (χ0n) is 14.9. The quantitative estimate of drug-likeness (QED) is 0.910. The van der Waals surface area contributed by atoms with E-state index in [9.17, 15) is 4.79 Å². The third-order valence-corrected chi connectivity index (χ3v) is 5.16. The summed E-state index contributed by atoms with van der Waals surface area (Å²) >= 11 is 1.62. The molecule has 0 aliphatic carbocycles. The lowest BCUT2D eigenvalue weighted by Gasteiger charge is -2.32. The monoisotopic (exact) mass is 339 g/mol. The van der Waals surface area contributed by atoms with Gasteiger partial charge in [0.25, 0.3) is 0 Å². The first-order valence-corrected chi connectivity index (χ1v) is 9.32. The Bertz CT molecular complexity index is 516. The lowest BCUT2D eigenvalue weighted by molar-refractivity contribution is 0.0218. The Balaban J connectivity index is 1.87. The minimum absolute atomic E-state index is 0.0000397. The third kappa shape index (κ3) is 4.91. The van der Waals surface area contributed by atoms with Crippen LogP contribution >= 0.6 is 11.3 Å². The molecule has 1 saturated heterocycles. The number of carbonyl (C=O) groups is 1. The van der Waals surface area contributed by atoms with Gasteiger partial charge in [-0.25, -0.2) is 9.78 Å². The van der Waals surface area contributed by atoms with E-state index in [1.165, 1.54) is 0 Å². The van der Waals surface area contributed by atoms with E-state index in [-0.39, 0.29) is 17.5 Å². The molecule has 0 saturated carbocycles. The minimum Gasteiger partial charge on any atom is -0.378 e. The van der Waals surface area contributed by atoms with Gasteiger partial charge >= 0.3 is 6.03 Å². The van der Waals surface area contributed by atoms with Crippen molar-refractivity contribution in [1.29, 1.82) is 0 Å². The van der Waals surface area contributed by atoms with Gasteiger partial charge in [-0.15, -0.1) is 11.3 Å². The van der Waals surface area contributed by atoms with Crippen molar-refractivity contribution in [3.8, 4) is 0 Å². The molecule has 0 bridgehead atoms. The Kier molecular flexibility index (Phi) is 6.03. The Morgan fingerprint density at radius 1 is 1.48 bits per heavy atom. The number of urea groups is 1. The van der Waals surface area contributed by atoms with Crippen LogP contribution in [0.15, 0.2) is 5.38 Å². The number of amides is 2. The van der Waals surface area contributed by atoms with Gasteiger partial charge in [0.15, 0.2) is 0 Å². The van der Waals surface area contributed by atoms with E-state index in [1.54, 1.807) is 11.3 Å². The number of aromatic nitrogens is 1. The SMILES string of the molecule is CCOC1CCN(C(=O)NC(C)c2nc(C(C)(C)C)cs2)CC1. The van der Waals surface area contributed by atoms with Gasteiger partial charge in [-0.1, -0.05) is 20.8 Å². The highest BCUT2D eigenvalue weighted by molar-refractivity contribution is 7.09. The summed E-state index contributed by atoms with van der Waals surface area (Å²) in [6.07, 6.45) is 2.14. The molecule has 1 atom stereocenters. The molecular formula is C17H29N3O2S. The van der Waals surface area contributed by atoms with Crippen LogP contribution in [0.25, 0.3) is 0 Å². The van der Waals surface area contributed by atoms with Crippen molar-refractivity contribution < 1.29 is 9.53 Å². The zero-order valence-corrected chi connectivity index (χ0v) is 15.7. The zero-order chi connectivity index (χ0) is 17.0. The molecular weight excluding hydrogens is 310 g/mol. The fourth-order valence-electron chi connectivity index (χ4n) is 2.63. The summed E-state index contributed by atoms with van der Waals surface area (Å²) in [6.45, 7) is 12.7. The van der Waals surface area contributed by atoms with Crippen LogP contribution in [0.5, 0.6) is 0 Å². The maximum atomic E-state index is 12.4. The van der Waals surface area contributed by atoms with Gasteiger partial charge < -0.3 is 15.0 Å². The fraction of sp³-hybridized carbons (Fsp3) is 0.765. The van der Waals surface area contributed by atoms with E-state index >= 15 is 0 Å². The summed E-state index contributed by atoms with van der Waals surface area (Å²) in [5, 5.41) is 6.13. The smallest absolute Gasteiger partial charge is 0.317 e. The minimum atomic E-state index is -0.0618. The van der Waals surface area contributed by atoms with Crippen LogP contribution in [-0.2, 0) is 10.2 Å². The molecule has 1 unspecified atom stereocenters. The summed E-state index contributed by atoms with van der Waals surface area (Å²) < 4.78 is 5.63. The highest BCUT2D eigenvalue weighted by Crippen LogP contribution is 2.27. The van der Waals surface area contributed by atoms with Gasteiger partial charge in [-0.05, 0) is 26.7 Å². The largest absolute Gasteiger partial charge is 0.378 e. The second-order valence-corrected chi connectivity index (χ2v) is 8.02. The summed E-state index contributed by atoms with van der Waals surface area (Å²) in [6, 6.07) is -0.0619. The van der Waals surface area contributed by atoms with Gasteiger partial charge in [0.1, 0.15) is 5.01 Å². The van der Waals surface area contributed by atoms with E-state index < -0.39 is 0 Å². The van der Waals surface area contributed by atoms with E-state index in [1.807, 2.05) is 18.7 Å². The van der Waals surface area contributed by atoms with E-state index in [0.29, 0.717) is 6.10 Å². The number of piperidine rings is 1. The number of hydrogen-bond acceptors (Lipinski definition) is 4. The van der Waals surface area contributed by atoms with Gasteiger partial charge in [0.2, 0.25) is 0 Å². The second-order valence-electron chi connectivity index (χ2n) is 7.13. The Morgan fingerprint density at radius 2 is 2.13 bits per heavy atom. The predicted molar refractivity (Wildman–Crippen MR) is 94.0 cm³/mol. The molecule has 0 spiro atoms. The van der Waals surface area contributed by atoms with Crippen molar-refractivity contribution in [1.82, 2.24) is 15.2 Å². The van der Waals surface area contributed by atoms with Gasteiger partial charge in [0, 0.05) is 30.5 Å². The number of ether oxygens (including phenoxy) is 1. The van der Waals surface area contributed by atoms with Crippen LogP contribution in [-0.4, -0.2) is 41.7 Å². The van der Waals surface area contributed by atoms with Gasteiger partial charge in [-0.3, -0.25) is 0 Å². The molecule has 23 heavy (non-hydrogen) atoms. The summed E-state index contributed by atoms with van der Waals surface area (Å²) in [4.78, 5) is 19.0. The average Bonchev–Trinajstić information content (AvgIpc) is 2.98. The number of thiazole rings is 1. The first kappa shape index (κ1) is 18.2. The fourth-order valence-corrected chi connectivity index (χ4v) is 3.68. The molecule has 0 radical (unpaired) electrons. The maximum absolute atomic E-state index is 12.4. The molecule has 1 aromatic rings. The highest BCUT2D eigenvalue weighted by atomic mass is 32.1. The molecule has 1 fully saturated rings. The first-order chi connectivity index (χ1) is 10.8. The van der Waals surface area contributed by atoms with E-state index in [2.05, 4.69) is 36.5 Å². The predicted octanol–water partition coefficient (Wildman–Crippen LogP) is 3.71. The normalized spacial score (nSPS) is 18.0. The van der Waals surface area contributed by atoms with Crippen molar-refractivity contribution in [2.75, 3.05) is 19.7 Å². The van der Waals surface area contributed by atoms with Crippen LogP contribution in [0, 0.1) is 0 Å². The number of likely N-dealkylation sites (tertiary alicyclic amines) is 1. The highest BCUT2D eigenvalue weighted by Gasteiger charge is 2.25. The van der Waals surface area contributed by atoms with Gasteiger partial charge in [-0.2, -0.15) is 0 Å². The third-order valence-electron chi connectivity index (χ3n) is 4.13. The topological polar surface area (TPSA) is 54.5 Å². The number of carbonyl (C=O) groups excluding carboxylic acids is 1. The number of nitrogens with one attached hydrogen (secondary N) is 1. The molecule has 5 nitrogen and oxygen atoms in total. The standard InChI is InChI=1S/C17H29N3O2S/c1-6-22-13-7-9-20(10-8-13)16(21)18-12(2)15-19-14(11-23-15)17(3,4)5/h11-13H,6-10H2,1-5H3,(H,18,21). The molecule has 1 N–H and O–H groups in total. The Hall–Kier alpha value is -1.14. The van der Waals surface area contributed by atoms with Crippen LogP contribution in [0.4, 0.5) is 4.79 Å². The molecule has 1 aromatic heterocycles. The van der Waals surface area contributed by atoms with E-state index in [0.717, 1.165) is 43.2 Å². The van der Waals surface area contributed by atoms with E-state index in [4.69, 9.17) is 4.74 Å². The lowest BCUT2D eigenvalue weighted by Crippen LogP contribution is -2.46. The number of rotatable bonds is 4. The molecule has 1 aliphatic rings. The van der Waals surface area contributed by atoms with Crippen LogP contribution in [0.2, 0.25) is 0 Å². The van der Waals surface area contributed by atoms with Crippen LogP contribution in [0.1, 0.15) is 64.2 Å². The van der Waals surface area contributed by atoms with Gasteiger partial charge in [0.05, 0.1) is 17.8 Å². The summed E-state index contributed by atoms with van der Waals surface area (Å²) in [5.74, 6) is 0. The van der Waals surface area contributed by atoms with Crippen molar-refractivity contribution in [2.45, 2.75) is 65.0 Å². The summed E-state index contributed by atoms with van der Waals surface area (Å²) in [7, 11) is 0. The first-order valence-electron chi connectivity index (χ1n) is 8.44. The average molecular weight is 340 g/mol. The van der Waals surface area contributed by atoms with Crippen molar-refractivity contribution in [2.24, 2.45) is 0 Å². The van der Waals surface area contributed by atoms with Crippen LogP contribution in [0.3, 0.4) is 0 Å². The Labute approximate surface area is 143 Å². The van der Waals surface area contributed by atoms with Crippen LogP contribution < -0.4 is 5.32 Å². The summed E-state index contributed by atoms with van der Waals surface area (Å²) in [5.41, 5.74) is 1.12. The van der Waals surface area contributed by atoms with Crippen molar-refractivity contribution in [3.05, 3.63) is 16.1 Å². The number of nitrogens with zero attached hydrogens (tertiary/aromatic N) is 2. The molecule has 1 aliphatic heterocycles. The molecule has 2 amide bonds. The van der Waals surface area contributed by atoms with Crippen molar-refractivity contribution >= 4 is 17.4 Å². The Morgan fingerprint density at radius 3 is 2.65 bits per heavy atom. The molecule has 130 valence electrons. The second kappa shape index (κ2) is 7.62. The number of hydrogen-bond donors (Lipinski definition) is 1. The molecule has 2 rings (SSSR count). The maximum Gasteiger partial charge on any atom is 0.317 e. The molecule has 0 aromatic carbocycles. The molecule has 2 heterocycles. The molecule has 6 heteroatoms. The van der Waals surface area contributed by atoms with Crippen molar-refractivity contribution in [3.63, 3.8) is 0 Å².